The van der Waals surface area contributed by atoms with Gasteiger partial charge in [0.1, 0.15) is 11.6 Å². The lowest BCUT2D eigenvalue weighted by atomic mass is 9.86. The van der Waals surface area contributed by atoms with E-state index in [0.717, 1.165) is 11.3 Å². The van der Waals surface area contributed by atoms with Gasteiger partial charge in [0.2, 0.25) is 0 Å². The van der Waals surface area contributed by atoms with Gasteiger partial charge in [0.15, 0.2) is 11.0 Å². The van der Waals surface area contributed by atoms with Gasteiger partial charge in [0, 0.05) is 16.3 Å². The summed E-state index contributed by atoms with van der Waals surface area (Å²) in [6.45, 7) is 6.52. The van der Waals surface area contributed by atoms with E-state index in [1.807, 2.05) is 30.5 Å². The maximum atomic E-state index is 9.83. The molecule has 0 aliphatic rings. The van der Waals surface area contributed by atoms with Gasteiger partial charge in [0.25, 0.3) is 0 Å². The second-order valence-electron chi connectivity index (χ2n) is 7.35. The average Bonchev–Trinajstić information content (AvgIpc) is 2.68. The molecule has 1 aromatic heterocycles. The number of anilines is 2. The van der Waals surface area contributed by atoms with E-state index in [1.165, 1.54) is 17.3 Å². The van der Waals surface area contributed by atoms with E-state index >= 15 is 0 Å². The highest BCUT2D eigenvalue weighted by molar-refractivity contribution is 7.98. The molecule has 0 aliphatic heterocycles. The summed E-state index contributed by atoms with van der Waals surface area (Å²) in [6.07, 6.45) is 1.92. The molecule has 0 radical (unpaired) electrons. The van der Waals surface area contributed by atoms with Crippen LogP contribution in [0.5, 0.6) is 0 Å². The van der Waals surface area contributed by atoms with Gasteiger partial charge in [-0.05, 0) is 41.5 Å². The minimum Gasteiger partial charge on any atom is -0.339 e. The Labute approximate surface area is 175 Å². The molecule has 0 spiro atoms. The van der Waals surface area contributed by atoms with Crippen LogP contribution in [0.1, 0.15) is 31.9 Å². The Hall–Kier alpha value is -2.55. The van der Waals surface area contributed by atoms with Crippen molar-refractivity contribution in [3.8, 4) is 17.3 Å². The molecule has 1 N–H and O–H groups in total. The van der Waals surface area contributed by atoms with Gasteiger partial charge in [-0.2, -0.15) is 5.26 Å². The largest absolute Gasteiger partial charge is 0.339 e. The lowest BCUT2D eigenvalue weighted by Crippen LogP contribution is -2.10. The first-order valence-electron chi connectivity index (χ1n) is 8.81. The zero-order valence-electron chi connectivity index (χ0n) is 16.2. The molecule has 0 unspecified atom stereocenters. The van der Waals surface area contributed by atoms with Gasteiger partial charge in [-0.3, -0.25) is 0 Å². The Kier molecular flexibility index (Phi) is 5.93. The molecule has 4 nitrogen and oxygen atoms in total. The highest BCUT2D eigenvalue weighted by Crippen LogP contribution is 2.32. The molecule has 142 valence electrons. The van der Waals surface area contributed by atoms with E-state index in [9.17, 15) is 5.26 Å². The number of halogens is 1. The monoisotopic (exact) mass is 408 g/mol. The number of benzene rings is 2. The molecular weight excluding hydrogens is 388 g/mol. The quantitative estimate of drug-likeness (QED) is 0.398. The first kappa shape index (κ1) is 20.2. The molecule has 0 amide bonds. The van der Waals surface area contributed by atoms with E-state index in [2.05, 4.69) is 54.3 Å². The van der Waals surface area contributed by atoms with Gasteiger partial charge in [-0.15, -0.1) is 0 Å². The predicted molar refractivity (Wildman–Crippen MR) is 117 cm³/mol. The Morgan fingerprint density at radius 1 is 1.00 bits per heavy atom. The van der Waals surface area contributed by atoms with Crippen LogP contribution < -0.4 is 5.32 Å². The topological polar surface area (TPSA) is 61.6 Å². The number of nitrogens with one attached hydrogen (secondary N) is 1. The molecule has 0 fully saturated rings. The Morgan fingerprint density at radius 3 is 2.18 bits per heavy atom. The summed E-state index contributed by atoms with van der Waals surface area (Å²) in [5, 5.41) is 14.3. The number of aromatic nitrogens is 2. The summed E-state index contributed by atoms with van der Waals surface area (Å²) in [5.74, 6) is 0.485. The van der Waals surface area contributed by atoms with Gasteiger partial charge in [-0.1, -0.05) is 68.4 Å². The highest BCUT2D eigenvalue weighted by atomic mass is 35.5. The van der Waals surface area contributed by atoms with Crippen LogP contribution in [0.4, 0.5) is 11.5 Å². The molecular formula is C22H21ClN4S. The maximum absolute atomic E-state index is 9.83. The van der Waals surface area contributed by atoms with E-state index in [-0.39, 0.29) is 5.41 Å². The Bertz CT molecular complexity index is 1020. The van der Waals surface area contributed by atoms with Crippen LogP contribution >= 0.6 is 23.4 Å². The number of nitriles is 1. The van der Waals surface area contributed by atoms with Crippen molar-refractivity contribution >= 4 is 34.9 Å². The number of hydrogen-bond acceptors (Lipinski definition) is 5. The molecule has 3 aromatic rings. The second kappa shape index (κ2) is 8.22. The minimum atomic E-state index is 0.0635. The van der Waals surface area contributed by atoms with E-state index in [4.69, 9.17) is 11.6 Å². The predicted octanol–water partition coefficient (Wildman–Crippen LogP) is 6.43. The zero-order chi connectivity index (χ0) is 20.3. The third kappa shape index (κ3) is 4.46. The highest BCUT2D eigenvalue weighted by Gasteiger charge is 2.18. The van der Waals surface area contributed by atoms with E-state index in [0.29, 0.717) is 27.3 Å². The maximum Gasteiger partial charge on any atom is 0.189 e. The molecule has 6 heteroatoms. The molecule has 0 atom stereocenters. The standard InChI is InChI=1S/C22H21ClN4S/c1-22(2,3)15-7-5-14(6-8-15)19-18(13-24)20(27-21(26-19)28-4)25-17-11-9-16(23)10-12-17/h5-12H,1-4H3,(H,25,26,27). The lowest BCUT2D eigenvalue weighted by Gasteiger charge is -2.19. The molecule has 28 heavy (non-hydrogen) atoms. The first-order chi connectivity index (χ1) is 13.3. The molecule has 0 saturated carbocycles. The lowest BCUT2D eigenvalue weighted by molar-refractivity contribution is 0.590. The van der Waals surface area contributed by atoms with Gasteiger partial charge < -0.3 is 5.32 Å². The van der Waals surface area contributed by atoms with Crippen LogP contribution in [0.25, 0.3) is 11.3 Å². The summed E-state index contributed by atoms with van der Waals surface area (Å²) in [7, 11) is 0. The van der Waals surface area contributed by atoms with Crippen LogP contribution in [0.3, 0.4) is 0 Å². The molecule has 2 aromatic carbocycles. The van der Waals surface area contributed by atoms with Gasteiger partial charge >= 0.3 is 0 Å². The minimum absolute atomic E-state index is 0.0635. The summed E-state index contributed by atoms with van der Waals surface area (Å²) >= 11 is 7.40. The second-order valence-corrected chi connectivity index (χ2v) is 8.56. The molecule has 3 rings (SSSR count). The first-order valence-corrected chi connectivity index (χ1v) is 10.4. The van der Waals surface area contributed by atoms with Crippen molar-refractivity contribution in [3.05, 3.63) is 64.7 Å². The fourth-order valence-corrected chi connectivity index (χ4v) is 3.23. The summed E-state index contributed by atoms with van der Waals surface area (Å²) in [4.78, 5) is 9.12. The van der Waals surface area contributed by atoms with Crippen LogP contribution in [0, 0.1) is 11.3 Å². The van der Waals surface area contributed by atoms with Crippen molar-refractivity contribution in [2.75, 3.05) is 11.6 Å². The fraction of sp³-hybridized carbons (Fsp3) is 0.227. The molecule has 0 saturated heterocycles. The van der Waals surface area contributed by atoms with Crippen LogP contribution in [-0.4, -0.2) is 16.2 Å². The van der Waals surface area contributed by atoms with Crippen molar-refractivity contribution in [2.24, 2.45) is 0 Å². The number of rotatable bonds is 4. The van der Waals surface area contributed by atoms with Gasteiger partial charge in [-0.25, -0.2) is 9.97 Å². The van der Waals surface area contributed by atoms with Crippen molar-refractivity contribution < 1.29 is 0 Å². The number of hydrogen-bond donors (Lipinski definition) is 1. The van der Waals surface area contributed by atoms with Gasteiger partial charge in [0.05, 0.1) is 5.69 Å². The van der Waals surface area contributed by atoms with Crippen LogP contribution in [-0.2, 0) is 5.41 Å². The fourth-order valence-electron chi connectivity index (χ4n) is 2.73. The molecule has 0 aliphatic carbocycles. The van der Waals surface area contributed by atoms with Crippen LogP contribution in [0.15, 0.2) is 53.7 Å². The zero-order valence-corrected chi connectivity index (χ0v) is 17.8. The van der Waals surface area contributed by atoms with Crippen molar-refractivity contribution in [2.45, 2.75) is 31.3 Å². The average molecular weight is 409 g/mol. The summed E-state index contributed by atoms with van der Waals surface area (Å²) < 4.78 is 0. The SMILES string of the molecule is CSc1nc(Nc2ccc(Cl)cc2)c(C#N)c(-c2ccc(C(C)(C)C)cc2)n1. The van der Waals surface area contributed by atoms with E-state index in [1.54, 1.807) is 12.1 Å². The number of thioether (sulfide) groups is 1. The molecule has 0 bridgehead atoms. The Morgan fingerprint density at radius 2 is 1.64 bits per heavy atom. The number of nitrogens with zero attached hydrogens (tertiary/aromatic N) is 3. The molecule has 1 heterocycles. The van der Waals surface area contributed by atoms with Crippen molar-refractivity contribution in [1.29, 1.82) is 5.26 Å². The summed E-state index contributed by atoms with van der Waals surface area (Å²) in [5.41, 5.74) is 4.03. The summed E-state index contributed by atoms with van der Waals surface area (Å²) in [6, 6.07) is 17.7. The van der Waals surface area contributed by atoms with Crippen molar-refractivity contribution in [3.63, 3.8) is 0 Å². The third-order valence-corrected chi connectivity index (χ3v) is 5.11. The van der Waals surface area contributed by atoms with Crippen molar-refractivity contribution in [1.82, 2.24) is 9.97 Å². The Balaban J connectivity index is 2.08. The van der Waals surface area contributed by atoms with E-state index < -0.39 is 0 Å². The van der Waals surface area contributed by atoms with Crippen LogP contribution in [0.2, 0.25) is 5.02 Å². The smallest absolute Gasteiger partial charge is 0.189 e. The third-order valence-electron chi connectivity index (χ3n) is 4.31. The normalized spacial score (nSPS) is 11.1.